The van der Waals surface area contributed by atoms with Gasteiger partial charge in [0.2, 0.25) is 0 Å². The summed E-state index contributed by atoms with van der Waals surface area (Å²) in [7, 11) is 0. The van der Waals surface area contributed by atoms with Crippen LogP contribution in [0.1, 0.15) is 105 Å². The van der Waals surface area contributed by atoms with E-state index in [9.17, 15) is 4.79 Å². The van der Waals surface area contributed by atoms with Crippen LogP contribution in [0.5, 0.6) is 0 Å². The van der Waals surface area contributed by atoms with Crippen LogP contribution >= 0.6 is 0 Å². The average molecular weight is 433 g/mol. The van der Waals surface area contributed by atoms with Gasteiger partial charge in [-0.1, -0.05) is 0 Å². The SMILES string of the molecule is CCCCCCC[CH2][Sn]([CH2]C)([CH2]CCCCCCC)[O]C(C)=O. The number of hydrogen-bond donors (Lipinski definition) is 0. The van der Waals surface area contributed by atoms with E-state index in [1.807, 2.05) is 0 Å². The monoisotopic (exact) mass is 434 g/mol. The topological polar surface area (TPSA) is 26.3 Å². The van der Waals surface area contributed by atoms with Crippen molar-refractivity contribution in [1.82, 2.24) is 0 Å². The molecule has 0 aromatic heterocycles. The molecule has 0 heterocycles. The molecular formula is C20H42O2Sn. The molecule has 0 saturated carbocycles. The van der Waals surface area contributed by atoms with Crippen molar-refractivity contribution < 1.29 is 7.87 Å². The van der Waals surface area contributed by atoms with Gasteiger partial charge < -0.3 is 0 Å². The Morgan fingerprint density at radius 1 is 0.696 bits per heavy atom. The van der Waals surface area contributed by atoms with Gasteiger partial charge in [0.25, 0.3) is 0 Å². The molecule has 0 spiro atoms. The maximum atomic E-state index is 11.6. The molecule has 0 atom stereocenters. The summed E-state index contributed by atoms with van der Waals surface area (Å²) in [5.74, 6) is -0.0142. The molecule has 0 aliphatic carbocycles. The van der Waals surface area contributed by atoms with Crippen LogP contribution in [0.3, 0.4) is 0 Å². The van der Waals surface area contributed by atoms with Crippen LogP contribution in [-0.2, 0) is 7.87 Å². The van der Waals surface area contributed by atoms with Gasteiger partial charge in [-0.15, -0.1) is 0 Å². The van der Waals surface area contributed by atoms with E-state index < -0.39 is 18.8 Å². The Morgan fingerprint density at radius 3 is 1.43 bits per heavy atom. The van der Waals surface area contributed by atoms with Gasteiger partial charge in [-0.25, -0.2) is 0 Å². The van der Waals surface area contributed by atoms with Crippen LogP contribution in [-0.4, -0.2) is 24.8 Å². The molecule has 0 radical (unpaired) electrons. The molecule has 0 N–H and O–H groups in total. The van der Waals surface area contributed by atoms with Crippen molar-refractivity contribution in [3.05, 3.63) is 0 Å². The van der Waals surface area contributed by atoms with Crippen molar-refractivity contribution in [3.63, 3.8) is 0 Å². The fourth-order valence-corrected chi connectivity index (χ4v) is 14.0. The van der Waals surface area contributed by atoms with Gasteiger partial charge in [0.05, 0.1) is 0 Å². The molecule has 0 fully saturated rings. The van der Waals surface area contributed by atoms with Crippen LogP contribution in [0.4, 0.5) is 0 Å². The molecule has 0 amide bonds. The van der Waals surface area contributed by atoms with Crippen LogP contribution in [0, 0.1) is 0 Å². The summed E-state index contributed by atoms with van der Waals surface area (Å²) in [5.41, 5.74) is 0. The van der Waals surface area contributed by atoms with Gasteiger partial charge in [-0.2, -0.15) is 0 Å². The van der Waals surface area contributed by atoms with Gasteiger partial charge in [-0.05, 0) is 0 Å². The van der Waals surface area contributed by atoms with Crippen molar-refractivity contribution in [3.8, 4) is 0 Å². The van der Waals surface area contributed by atoms with Crippen LogP contribution < -0.4 is 0 Å². The molecule has 0 unspecified atom stereocenters. The Hall–Kier alpha value is 0.269. The van der Waals surface area contributed by atoms with Crippen LogP contribution in [0.25, 0.3) is 0 Å². The Morgan fingerprint density at radius 2 is 1.09 bits per heavy atom. The second-order valence-corrected chi connectivity index (χ2v) is 19.4. The first-order valence-corrected chi connectivity index (χ1v) is 17.5. The van der Waals surface area contributed by atoms with Crippen molar-refractivity contribution in [1.29, 1.82) is 0 Å². The number of rotatable bonds is 16. The number of carbonyl (C=O) groups excluding carboxylic acids is 1. The third-order valence-electron chi connectivity index (χ3n) is 4.98. The molecule has 3 heteroatoms. The van der Waals surface area contributed by atoms with Gasteiger partial charge in [0.15, 0.2) is 0 Å². The first-order valence-electron chi connectivity index (χ1n) is 10.3. The number of hydrogen-bond acceptors (Lipinski definition) is 2. The predicted molar refractivity (Wildman–Crippen MR) is 104 cm³/mol. The molecule has 0 aliphatic rings. The molecule has 0 rings (SSSR count). The zero-order chi connectivity index (χ0) is 17.4. The zero-order valence-corrected chi connectivity index (χ0v) is 19.3. The molecule has 0 aromatic carbocycles. The molecular weight excluding hydrogens is 391 g/mol. The summed E-state index contributed by atoms with van der Waals surface area (Å²) in [4.78, 5) is 11.6. The van der Waals surface area contributed by atoms with E-state index in [0.717, 1.165) is 4.44 Å². The minimum atomic E-state index is -2.65. The van der Waals surface area contributed by atoms with E-state index in [1.54, 1.807) is 6.92 Å². The predicted octanol–water partition coefficient (Wildman–Crippen LogP) is 7.24. The molecule has 23 heavy (non-hydrogen) atoms. The van der Waals surface area contributed by atoms with Crippen LogP contribution in [0.15, 0.2) is 0 Å². The molecule has 0 aliphatic heterocycles. The molecule has 0 aromatic rings. The summed E-state index contributed by atoms with van der Waals surface area (Å²) < 4.78 is 9.69. The minimum absolute atomic E-state index is 0.0142. The van der Waals surface area contributed by atoms with Gasteiger partial charge in [0, 0.05) is 0 Å². The fraction of sp³-hybridized carbons (Fsp3) is 0.950. The molecule has 0 bridgehead atoms. The van der Waals surface area contributed by atoms with Crippen molar-refractivity contribution >= 4 is 24.8 Å². The Kier molecular flexibility index (Phi) is 16.0. The summed E-state index contributed by atoms with van der Waals surface area (Å²) >= 11 is -2.65. The number of unbranched alkanes of at least 4 members (excludes halogenated alkanes) is 10. The quantitative estimate of drug-likeness (QED) is 0.190. The van der Waals surface area contributed by atoms with E-state index in [4.69, 9.17) is 3.07 Å². The van der Waals surface area contributed by atoms with Crippen molar-refractivity contribution in [2.24, 2.45) is 0 Å². The Labute approximate surface area is 150 Å². The van der Waals surface area contributed by atoms with E-state index in [0.29, 0.717) is 0 Å². The van der Waals surface area contributed by atoms with E-state index in [-0.39, 0.29) is 5.97 Å². The van der Waals surface area contributed by atoms with E-state index in [2.05, 4.69) is 20.8 Å². The summed E-state index contributed by atoms with van der Waals surface area (Å²) in [6.07, 6.45) is 16.0. The normalized spacial score (nSPS) is 11.7. The summed E-state index contributed by atoms with van der Waals surface area (Å²) in [5, 5.41) is 0. The van der Waals surface area contributed by atoms with Gasteiger partial charge in [-0.3, -0.25) is 0 Å². The van der Waals surface area contributed by atoms with Crippen molar-refractivity contribution in [2.75, 3.05) is 0 Å². The first kappa shape index (κ1) is 23.3. The molecule has 138 valence electrons. The first-order chi connectivity index (χ1) is 11.1. The number of carbonyl (C=O) groups is 1. The summed E-state index contributed by atoms with van der Waals surface area (Å²) in [6, 6.07) is 0. The molecule has 2 nitrogen and oxygen atoms in total. The second-order valence-electron chi connectivity index (χ2n) is 7.17. The third-order valence-corrected chi connectivity index (χ3v) is 17.9. The van der Waals surface area contributed by atoms with Gasteiger partial charge >= 0.3 is 151 Å². The fourth-order valence-electron chi connectivity index (χ4n) is 3.41. The van der Waals surface area contributed by atoms with Crippen molar-refractivity contribution in [2.45, 2.75) is 118 Å². The molecule has 0 saturated heterocycles. The Balaban J connectivity index is 4.15. The average Bonchev–Trinajstić information content (AvgIpc) is 2.53. The van der Waals surface area contributed by atoms with E-state index in [1.165, 1.54) is 85.9 Å². The van der Waals surface area contributed by atoms with Gasteiger partial charge in [0.1, 0.15) is 0 Å². The Bertz CT molecular complexity index is 263. The summed E-state index contributed by atoms with van der Waals surface area (Å²) in [6.45, 7) is 8.41. The van der Waals surface area contributed by atoms with Crippen LogP contribution in [0.2, 0.25) is 13.3 Å². The maximum absolute atomic E-state index is 11.6. The third kappa shape index (κ3) is 13.3. The zero-order valence-electron chi connectivity index (χ0n) is 16.4. The second kappa shape index (κ2) is 15.8. The van der Waals surface area contributed by atoms with E-state index >= 15 is 0 Å². The standard InChI is InChI=1S/2C8H17.C2H4O2.C2H5.Sn/c2*1-3-5-7-8-6-4-2;1-2(3)4;1-2;/h2*1,3-8H2,2H3;1H3,(H,3,4);1H2,2H3;/q;;;;+1/p-1.